The molecule has 1 atom stereocenters. The van der Waals surface area contributed by atoms with E-state index in [4.69, 9.17) is 0 Å². The number of nitrogens with zero attached hydrogens (tertiary/aromatic N) is 3. The SMILES string of the molecule is CC(c1nnc(CO)n1C(C)(C)C)C1CC1. The van der Waals surface area contributed by atoms with Crippen molar-refractivity contribution in [2.45, 2.75) is 58.6 Å². The van der Waals surface area contributed by atoms with Crippen molar-refractivity contribution in [3.8, 4) is 0 Å². The first-order valence-electron chi connectivity index (χ1n) is 6.00. The van der Waals surface area contributed by atoms with Gasteiger partial charge < -0.3 is 9.67 Å². The van der Waals surface area contributed by atoms with E-state index in [-0.39, 0.29) is 12.1 Å². The number of aliphatic hydroxyl groups excluding tert-OH is 1. The molecule has 16 heavy (non-hydrogen) atoms. The van der Waals surface area contributed by atoms with Crippen LogP contribution in [0.15, 0.2) is 0 Å². The Labute approximate surface area is 96.7 Å². The lowest BCUT2D eigenvalue weighted by Gasteiger charge is -2.26. The van der Waals surface area contributed by atoms with E-state index in [9.17, 15) is 5.11 Å². The maximum absolute atomic E-state index is 9.31. The number of hydrogen-bond acceptors (Lipinski definition) is 3. The van der Waals surface area contributed by atoms with Crippen LogP contribution in [0, 0.1) is 5.92 Å². The molecule has 0 spiro atoms. The summed E-state index contributed by atoms with van der Waals surface area (Å²) in [4.78, 5) is 0. The van der Waals surface area contributed by atoms with Gasteiger partial charge in [-0.2, -0.15) is 0 Å². The van der Waals surface area contributed by atoms with Gasteiger partial charge in [-0.05, 0) is 39.5 Å². The Morgan fingerprint density at radius 3 is 2.44 bits per heavy atom. The lowest BCUT2D eigenvalue weighted by Crippen LogP contribution is -2.27. The van der Waals surface area contributed by atoms with Gasteiger partial charge in [0.05, 0.1) is 0 Å². The van der Waals surface area contributed by atoms with Crippen LogP contribution in [0.25, 0.3) is 0 Å². The van der Waals surface area contributed by atoms with Crippen molar-refractivity contribution in [3.05, 3.63) is 11.6 Å². The zero-order chi connectivity index (χ0) is 11.9. The van der Waals surface area contributed by atoms with Gasteiger partial charge in [0.15, 0.2) is 5.82 Å². The zero-order valence-corrected chi connectivity index (χ0v) is 10.6. The number of aliphatic hydroxyl groups is 1. The molecule has 0 bridgehead atoms. The minimum absolute atomic E-state index is 0.0400. The molecule has 4 heteroatoms. The Kier molecular flexibility index (Phi) is 2.78. The fourth-order valence-electron chi connectivity index (χ4n) is 2.27. The molecule has 1 N–H and O–H groups in total. The van der Waals surface area contributed by atoms with Gasteiger partial charge in [0.2, 0.25) is 0 Å². The molecule has 1 aliphatic carbocycles. The molecule has 4 nitrogen and oxygen atoms in total. The van der Waals surface area contributed by atoms with E-state index in [1.165, 1.54) is 12.8 Å². The Morgan fingerprint density at radius 1 is 1.38 bits per heavy atom. The summed E-state index contributed by atoms with van der Waals surface area (Å²) < 4.78 is 2.09. The van der Waals surface area contributed by atoms with Crippen LogP contribution in [-0.4, -0.2) is 19.9 Å². The minimum atomic E-state index is -0.0694. The van der Waals surface area contributed by atoms with Crippen LogP contribution in [0.1, 0.15) is 58.1 Å². The van der Waals surface area contributed by atoms with Crippen LogP contribution in [0.3, 0.4) is 0 Å². The van der Waals surface area contributed by atoms with Crippen molar-refractivity contribution >= 4 is 0 Å². The second kappa shape index (κ2) is 3.84. The van der Waals surface area contributed by atoms with Crippen molar-refractivity contribution in [2.24, 2.45) is 5.92 Å². The van der Waals surface area contributed by atoms with Crippen molar-refractivity contribution < 1.29 is 5.11 Å². The summed E-state index contributed by atoms with van der Waals surface area (Å²) in [6.45, 7) is 8.54. The lowest BCUT2D eigenvalue weighted by molar-refractivity contribution is 0.246. The third kappa shape index (κ3) is 1.98. The van der Waals surface area contributed by atoms with E-state index in [2.05, 4.69) is 42.5 Å². The predicted molar refractivity (Wildman–Crippen MR) is 62.1 cm³/mol. The standard InChI is InChI=1S/C12H21N3O/c1-8(9-5-6-9)11-14-13-10(7-16)15(11)12(2,3)4/h8-9,16H,5-7H2,1-4H3. The van der Waals surface area contributed by atoms with Crippen LogP contribution in [0.4, 0.5) is 0 Å². The first-order chi connectivity index (χ1) is 7.45. The monoisotopic (exact) mass is 223 g/mol. The molecule has 1 saturated carbocycles. The van der Waals surface area contributed by atoms with Crippen LogP contribution in [0.2, 0.25) is 0 Å². The summed E-state index contributed by atoms with van der Waals surface area (Å²) in [6, 6.07) is 0. The van der Waals surface area contributed by atoms with E-state index in [0.717, 1.165) is 11.7 Å². The number of hydrogen-bond donors (Lipinski definition) is 1. The van der Waals surface area contributed by atoms with Gasteiger partial charge in [0.25, 0.3) is 0 Å². The maximum Gasteiger partial charge on any atom is 0.159 e. The van der Waals surface area contributed by atoms with E-state index >= 15 is 0 Å². The first kappa shape index (κ1) is 11.6. The highest BCUT2D eigenvalue weighted by molar-refractivity contribution is 5.08. The van der Waals surface area contributed by atoms with Crippen molar-refractivity contribution in [2.75, 3.05) is 0 Å². The topological polar surface area (TPSA) is 50.9 Å². The fourth-order valence-corrected chi connectivity index (χ4v) is 2.27. The summed E-state index contributed by atoms with van der Waals surface area (Å²) >= 11 is 0. The largest absolute Gasteiger partial charge is 0.388 e. The highest BCUT2D eigenvalue weighted by Crippen LogP contribution is 2.42. The molecule has 90 valence electrons. The van der Waals surface area contributed by atoms with Crippen LogP contribution >= 0.6 is 0 Å². The molecule has 0 aromatic carbocycles. The summed E-state index contributed by atoms with van der Waals surface area (Å²) in [7, 11) is 0. The molecule has 1 heterocycles. The quantitative estimate of drug-likeness (QED) is 0.853. The molecule has 1 fully saturated rings. The number of aromatic nitrogens is 3. The van der Waals surface area contributed by atoms with Gasteiger partial charge in [-0.1, -0.05) is 6.92 Å². The Balaban J connectivity index is 2.40. The van der Waals surface area contributed by atoms with Gasteiger partial charge in [-0.15, -0.1) is 10.2 Å². The second-order valence-corrected chi connectivity index (χ2v) is 5.76. The molecule has 1 aromatic rings. The highest BCUT2D eigenvalue weighted by atomic mass is 16.3. The molecule has 0 radical (unpaired) electrons. The normalized spacial score (nSPS) is 18.8. The molecule has 0 aliphatic heterocycles. The van der Waals surface area contributed by atoms with Crippen LogP contribution < -0.4 is 0 Å². The average Bonchev–Trinajstić information content (AvgIpc) is 2.93. The summed E-state index contributed by atoms with van der Waals surface area (Å²) in [6.07, 6.45) is 2.60. The summed E-state index contributed by atoms with van der Waals surface area (Å²) in [5, 5.41) is 17.7. The highest BCUT2D eigenvalue weighted by Gasteiger charge is 2.34. The average molecular weight is 223 g/mol. The number of rotatable bonds is 3. The molecule has 1 unspecified atom stereocenters. The van der Waals surface area contributed by atoms with Gasteiger partial charge in [-0.25, -0.2) is 0 Å². The maximum atomic E-state index is 9.31. The predicted octanol–water partition coefficient (Wildman–Crippen LogP) is 2.04. The molecule has 1 aromatic heterocycles. The van der Waals surface area contributed by atoms with Crippen molar-refractivity contribution in [3.63, 3.8) is 0 Å². The van der Waals surface area contributed by atoms with E-state index in [0.29, 0.717) is 11.7 Å². The van der Waals surface area contributed by atoms with Crippen LogP contribution in [0.5, 0.6) is 0 Å². The summed E-state index contributed by atoms with van der Waals surface area (Å²) in [5.41, 5.74) is -0.0694. The van der Waals surface area contributed by atoms with Gasteiger partial charge in [0.1, 0.15) is 12.4 Å². The molecular weight excluding hydrogens is 202 g/mol. The first-order valence-corrected chi connectivity index (χ1v) is 6.00. The summed E-state index contributed by atoms with van der Waals surface area (Å²) in [5.74, 6) is 2.91. The molecule has 1 aliphatic rings. The molecular formula is C12H21N3O. The Hall–Kier alpha value is -0.900. The van der Waals surface area contributed by atoms with Crippen molar-refractivity contribution in [1.82, 2.24) is 14.8 Å². The zero-order valence-electron chi connectivity index (χ0n) is 10.6. The molecule has 0 saturated heterocycles. The van der Waals surface area contributed by atoms with Gasteiger partial charge in [0, 0.05) is 11.5 Å². The lowest BCUT2D eigenvalue weighted by atomic mass is 10.0. The molecule has 2 rings (SSSR count). The molecule has 0 amide bonds. The van der Waals surface area contributed by atoms with Gasteiger partial charge in [-0.3, -0.25) is 0 Å². The minimum Gasteiger partial charge on any atom is -0.388 e. The van der Waals surface area contributed by atoms with Gasteiger partial charge >= 0.3 is 0 Å². The second-order valence-electron chi connectivity index (χ2n) is 5.76. The van der Waals surface area contributed by atoms with Crippen LogP contribution in [-0.2, 0) is 12.1 Å². The third-order valence-electron chi connectivity index (χ3n) is 3.30. The Bertz CT molecular complexity index is 374. The third-order valence-corrected chi connectivity index (χ3v) is 3.30. The van der Waals surface area contributed by atoms with E-state index in [1.54, 1.807) is 0 Å². The van der Waals surface area contributed by atoms with E-state index < -0.39 is 0 Å². The smallest absolute Gasteiger partial charge is 0.159 e. The Morgan fingerprint density at radius 2 is 2.00 bits per heavy atom. The van der Waals surface area contributed by atoms with Crippen molar-refractivity contribution in [1.29, 1.82) is 0 Å². The fraction of sp³-hybridized carbons (Fsp3) is 0.833. The van der Waals surface area contributed by atoms with E-state index in [1.807, 2.05) is 0 Å².